The molecule has 1 heterocycles. The van der Waals surface area contributed by atoms with Gasteiger partial charge in [-0.3, -0.25) is 19.6 Å². The summed E-state index contributed by atoms with van der Waals surface area (Å²) >= 11 is 0. The van der Waals surface area contributed by atoms with Crippen molar-refractivity contribution in [2.24, 2.45) is 0 Å². The molecule has 0 amide bonds. The van der Waals surface area contributed by atoms with E-state index in [1.54, 1.807) is 6.20 Å². The Balaban J connectivity index is 2.37. The van der Waals surface area contributed by atoms with E-state index in [0.717, 1.165) is 32.6 Å². The number of carboxylic acid groups (broad SMARTS) is 2. The summed E-state index contributed by atoms with van der Waals surface area (Å²) in [6, 6.07) is 0. The minimum atomic E-state index is -2.06. The molecule has 1 aromatic heterocycles. The lowest BCUT2D eigenvalue weighted by Crippen LogP contribution is -2.41. The van der Waals surface area contributed by atoms with Crippen molar-refractivity contribution in [1.82, 2.24) is 9.97 Å². The third-order valence-corrected chi connectivity index (χ3v) is 4.04. The van der Waals surface area contributed by atoms with Gasteiger partial charge in [0.2, 0.25) is 5.41 Å². The molecule has 0 unspecified atom stereocenters. The van der Waals surface area contributed by atoms with Gasteiger partial charge in [0, 0.05) is 12.1 Å². The van der Waals surface area contributed by atoms with Gasteiger partial charge in [0.25, 0.3) is 0 Å². The van der Waals surface area contributed by atoms with Crippen molar-refractivity contribution in [3.8, 4) is 0 Å². The largest absolute Gasteiger partial charge is 0.480 e. The van der Waals surface area contributed by atoms with Crippen molar-refractivity contribution in [3.05, 3.63) is 23.8 Å². The van der Waals surface area contributed by atoms with Gasteiger partial charge in [-0.05, 0) is 19.8 Å². The molecule has 0 aliphatic heterocycles. The predicted octanol–water partition coefficient (Wildman–Crippen LogP) is 1.95. The average Bonchev–Trinajstić information content (AvgIpc) is 2.47. The number of rotatable bonds is 4. The minimum Gasteiger partial charge on any atom is -0.480 e. The highest BCUT2D eigenvalue weighted by Crippen LogP contribution is 2.32. The van der Waals surface area contributed by atoms with Crippen molar-refractivity contribution < 1.29 is 19.8 Å². The number of carbonyl (C=O) groups is 2. The molecular weight excluding hydrogens is 260 g/mol. The summed E-state index contributed by atoms with van der Waals surface area (Å²) in [5.74, 6) is -2.61. The average molecular weight is 278 g/mol. The minimum absolute atomic E-state index is 0.0134. The molecule has 2 N–H and O–H groups in total. The first-order chi connectivity index (χ1) is 9.46. The molecule has 20 heavy (non-hydrogen) atoms. The smallest absolute Gasteiger partial charge is 0.327 e. The molecule has 0 aromatic carbocycles. The van der Waals surface area contributed by atoms with Crippen molar-refractivity contribution in [1.29, 1.82) is 0 Å². The molecule has 0 atom stereocenters. The zero-order valence-corrected chi connectivity index (χ0v) is 11.4. The summed E-state index contributed by atoms with van der Waals surface area (Å²) in [6.45, 7) is 1.15. The molecule has 0 bridgehead atoms. The maximum atomic E-state index is 11.3. The van der Waals surface area contributed by atoms with Gasteiger partial charge in [-0.15, -0.1) is 0 Å². The van der Waals surface area contributed by atoms with E-state index >= 15 is 0 Å². The van der Waals surface area contributed by atoms with E-state index in [1.807, 2.05) is 0 Å². The monoisotopic (exact) mass is 278 g/mol. The van der Waals surface area contributed by atoms with Crippen molar-refractivity contribution >= 4 is 11.9 Å². The van der Waals surface area contributed by atoms with Crippen LogP contribution in [0.15, 0.2) is 12.4 Å². The SMILES string of the molecule is CC(C(=O)O)(C(=O)O)c1cncc(C2CCCCC2)n1. The van der Waals surface area contributed by atoms with E-state index < -0.39 is 17.4 Å². The standard InChI is InChI=1S/C14H18N2O4/c1-14(12(17)18,13(19)20)11-8-15-7-10(16-11)9-5-3-2-4-6-9/h7-9H,2-6H2,1H3,(H,17,18)(H,19,20). The molecule has 1 aliphatic rings. The lowest BCUT2D eigenvalue weighted by Gasteiger charge is -2.23. The summed E-state index contributed by atoms with van der Waals surface area (Å²) in [6.07, 6.45) is 8.27. The van der Waals surface area contributed by atoms with E-state index in [9.17, 15) is 19.8 Å². The Labute approximate surface area is 116 Å². The highest BCUT2D eigenvalue weighted by atomic mass is 16.4. The summed E-state index contributed by atoms with van der Waals surface area (Å²) in [7, 11) is 0. The van der Waals surface area contributed by atoms with Crippen LogP contribution in [-0.2, 0) is 15.0 Å². The van der Waals surface area contributed by atoms with Crippen LogP contribution in [0.3, 0.4) is 0 Å². The van der Waals surface area contributed by atoms with Crippen LogP contribution in [0.5, 0.6) is 0 Å². The molecule has 0 spiro atoms. The van der Waals surface area contributed by atoms with Crippen LogP contribution in [0.25, 0.3) is 0 Å². The van der Waals surface area contributed by atoms with Gasteiger partial charge >= 0.3 is 11.9 Å². The molecule has 0 radical (unpaired) electrons. The molecule has 6 nitrogen and oxygen atoms in total. The second-order valence-corrected chi connectivity index (χ2v) is 5.40. The highest BCUT2D eigenvalue weighted by Gasteiger charge is 2.45. The van der Waals surface area contributed by atoms with E-state index in [4.69, 9.17) is 0 Å². The summed E-state index contributed by atoms with van der Waals surface area (Å²) in [5, 5.41) is 18.4. The zero-order valence-electron chi connectivity index (χ0n) is 11.4. The van der Waals surface area contributed by atoms with Crippen LogP contribution >= 0.6 is 0 Å². The second-order valence-electron chi connectivity index (χ2n) is 5.40. The summed E-state index contributed by atoms with van der Waals surface area (Å²) in [5.41, 5.74) is -1.37. The van der Waals surface area contributed by atoms with Crippen LogP contribution in [0.1, 0.15) is 56.3 Å². The Morgan fingerprint density at radius 1 is 1.15 bits per heavy atom. The van der Waals surface area contributed by atoms with Gasteiger partial charge in [-0.25, -0.2) is 0 Å². The van der Waals surface area contributed by atoms with E-state index in [0.29, 0.717) is 5.69 Å². The van der Waals surface area contributed by atoms with Crippen molar-refractivity contribution in [2.75, 3.05) is 0 Å². The van der Waals surface area contributed by atoms with E-state index in [-0.39, 0.29) is 11.6 Å². The van der Waals surface area contributed by atoms with Crippen LogP contribution in [0.4, 0.5) is 0 Å². The first-order valence-electron chi connectivity index (χ1n) is 6.75. The van der Waals surface area contributed by atoms with Crippen LogP contribution in [0.2, 0.25) is 0 Å². The molecular formula is C14H18N2O4. The van der Waals surface area contributed by atoms with Crippen LogP contribution < -0.4 is 0 Å². The van der Waals surface area contributed by atoms with Gasteiger partial charge in [-0.2, -0.15) is 0 Å². The summed E-state index contributed by atoms with van der Waals surface area (Å²) < 4.78 is 0. The normalized spacial score (nSPS) is 16.9. The maximum Gasteiger partial charge on any atom is 0.327 e. The fraction of sp³-hybridized carbons (Fsp3) is 0.571. The Morgan fingerprint density at radius 2 is 1.75 bits per heavy atom. The number of carboxylic acids is 2. The Kier molecular flexibility index (Phi) is 4.01. The van der Waals surface area contributed by atoms with E-state index in [1.165, 1.54) is 12.6 Å². The molecule has 108 valence electrons. The Hall–Kier alpha value is -1.98. The molecule has 1 fully saturated rings. The van der Waals surface area contributed by atoms with Gasteiger partial charge in [0.15, 0.2) is 0 Å². The summed E-state index contributed by atoms with van der Waals surface area (Å²) in [4.78, 5) is 30.9. The van der Waals surface area contributed by atoms with Crippen molar-refractivity contribution in [2.45, 2.75) is 50.4 Å². The molecule has 1 aliphatic carbocycles. The second kappa shape index (κ2) is 5.56. The van der Waals surface area contributed by atoms with Crippen LogP contribution in [0, 0.1) is 0 Å². The number of nitrogens with zero attached hydrogens (tertiary/aromatic N) is 2. The van der Waals surface area contributed by atoms with Crippen molar-refractivity contribution in [3.63, 3.8) is 0 Å². The highest BCUT2D eigenvalue weighted by molar-refractivity contribution is 6.03. The Bertz CT molecular complexity index is 510. The lowest BCUT2D eigenvalue weighted by atomic mass is 9.85. The first kappa shape index (κ1) is 14.4. The number of hydrogen-bond acceptors (Lipinski definition) is 4. The third-order valence-electron chi connectivity index (χ3n) is 4.04. The Morgan fingerprint density at radius 3 is 2.30 bits per heavy atom. The van der Waals surface area contributed by atoms with Crippen LogP contribution in [-0.4, -0.2) is 32.1 Å². The molecule has 1 saturated carbocycles. The molecule has 2 rings (SSSR count). The van der Waals surface area contributed by atoms with Gasteiger partial charge in [0.1, 0.15) is 0 Å². The first-order valence-corrected chi connectivity index (χ1v) is 6.75. The third kappa shape index (κ3) is 2.50. The lowest BCUT2D eigenvalue weighted by molar-refractivity contribution is -0.156. The fourth-order valence-corrected chi connectivity index (χ4v) is 2.53. The molecule has 6 heteroatoms. The van der Waals surface area contributed by atoms with Gasteiger partial charge in [-0.1, -0.05) is 19.3 Å². The number of aromatic nitrogens is 2. The quantitative estimate of drug-likeness (QED) is 0.816. The zero-order chi connectivity index (χ0) is 14.8. The van der Waals surface area contributed by atoms with Gasteiger partial charge < -0.3 is 10.2 Å². The molecule has 0 saturated heterocycles. The topological polar surface area (TPSA) is 100 Å². The maximum absolute atomic E-state index is 11.3. The molecule has 1 aromatic rings. The van der Waals surface area contributed by atoms with E-state index in [2.05, 4.69) is 9.97 Å². The predicted molar refractivity (Wildman–Crippen MR) is 70.5 cm³/mol. The van der Waals surface area contributed by atoms with Gasteiger partial charge in [0.05, 0.1) is 17.6 Å². The number of aliphatic carboxylic acids is 2. The number of hydrogen-bond donors (Lipinski definition) is 2. The fourth-order valence-electron chi connectivity index (χ4n) is 2.53.